The van der Waals surface area contributed by atoms with E-state index in [1.807, 2.05) is 0 Å². The summed E-state index contributed by atoms with van der Waals surface area (Å²) in [5.74, 6) is -1.51. The van der Waals surface area contributed by atoms with Crippen LogP contribution in [0.2, 0.25) is 0 Å². The number of aryl methyl sites for hydroxylation is 1. The lowest BCUT2D eigenvalue weighted by molar-refractivity contribution is 0.406. The Labute approximate surface area is 204 Å². The minimum Gasteiger partial charge on any atom is -0.456 e. The number of nitrogens with zero attached hydrogens (tertiary/aromatic N) is 4. The van der Waals surface area contributed by atoms with E-state index in [9.17, 15) is 17.2 Å². The molecule has 3 heterocycles. The van der Waals surface area contributed by atoms with Crippen LogP contribution < -0.4 is 9.47 Å². The molecule has 12 heteroatoms. The number of para-hydroxylation sites is 1. The molecule has 0 unspecified atom stereocenters. The van der Waals surface area contributed by atoms with Crippen LogP contribution in [0, 0.1) is 11.6 Å². The van der Waals surface area contributed by atoms with Gasteiger partial charge in [0.2, 0.25) is 0 Å². The van der Waals surface area contributed by atoms with E-state index in [-0.39, 0.29) is 28.0 Å². The average Bonchev–Trinajstić information content (AvgIpc) is 3.48. The van der Waals surface area contributed by atoms with Crippen LogP contribution in [0.5, 0.6) is 23.0 Å². The lowest BCUT2D eigenvalue weighted by Crippen LogP contribution is -2.05. The Morgan fingerprint density at radius 3 is 2.44 bits per heavy atom. The van der Waals surface area contributed by atoms with Crippen LogP contribution in [0.3, 0.4) is 0 Å². The minimum absolute atomic E-state index is 0.0306. The zero-order valence-electron chi connectivity index (χ0n) is 19.1. The van der Waals surface area contributed by atoms with Crippen molar-refractivity contribution in [3.05, 3.63) is 72.6 Å². The largest absolute Gasteiger partial charge is 0.456 e. The number of nitrogens with one attached hydrogen (secondary N) is 1. The molecule has 0 aliphatic rings. The van der Waals surface area contributed by atoms with E-state index in [2.05, 4.69) is 20.1 Å². The van der Waals surface area contributed by atoms with Crippen LogP contribution in [0.1, 0.15) is 6.92 Å². The lowest BCUT2D eigenvalue weighted by atomic mass is 10.2. The molecule has 1 N–H and O–H groups in total. The molecule has 0 saturated carbocycles. The van der Waals surface area contributed by atoms with Gasteiger partial charge in [0.25, 0.3) is 0 Å². The Morgan fingerprint density at radius 1 is 1.03 bits per heavy atom. The van der Waals surface area contributed by atoms with Gasteiger partial charge in [-0.1, -0.05) is 13.0 Å². The summed E-state index contributed by atoms with van der Waals surface area (Å²) in [4.78, 5) is 11.6. The van der Waals surface area contributed by atoms with Crippen LogP contribution in [0.4, 0.5) is 8.78 Å². The molecule has 5 aromatic rings. The predicted molar refractivity (Wildman–Crippen MR) is 127 cm³/mol. The first-order valence-electron chi connectivity index (χ1n) is 10.8. The molecule has 0 aliphatic carbocycles. The third-order valence-electron chi connectivity index (χ3n) is 5.26. The van der Waals surface area contributed by atoms with Crippen molar-refractivity contribution < 1.29 is 26.7 Å². The van der Waals surface area contributed by atoms with E-state index in [4.69, 9.17) is 9.47 Å². The lowest BCUT2D eigenvalue weighted by Gasteiger charge is -2.11. The molecule has 0 radical (unpaired) electrons. The smallest absolute Gasteiger partial charge is 0.198 e. The number of H-pyrrole nitrogens is 1. The number of fused-ring (bicyclic) bond motifs is 1. The van der Waals surface area contributed by atoms with E-state index in [1.54, 1.807) is 30.1 Å². The summed E-state index contributed by atoms with van der Waals surface area (Å²) in [6.45, 7) is 1.53. The van der Waals surface area contributed by atoms with Crippen molar-refractivity contribution in [3.63, 3.8) is 0 Å². The van der Waals surface area contributed by atoms with Gasteiger partial charge >= 0.3 is 0 Å². The fourth-order valence-corrected chi connectivity index (χ4v) is 4.23. The maximum Gasteiger partial charge on any atom is 0.198 e. The molecule has 0 atom stereocenters. The highest BCUT2D eigenvalue weighted by Gasteiger charge is 2.19. The Hall–Kier alpha value is -4.32. The third kappa shape index (κ3) is 4.50. The molecule has 0 amide bonds. The van der Waals surface area contributed by atoms with Gasteiger partial charge in [-0.2, -0.15) is 5.10 Å². The fraction of sp³-hybridized carbons (Fsp3) is 0.125. The Kier molecular flexibility index (Phi) is 5.88. The SMILES string of the molecule is CCS(=O)(=O)c1ccc(Oc2cc(Oc3c(F)cccc3F)c3nc(-c4ccn(C)n4)[nH]c3c2)cn1. The van der Waals surface area contributed by atoms with Crippen LogP contribution in [0.25, 0.3) is 22.6 Å². The van der Waals surface area contributed by atoms with Gasteiger partial charge in [-0.15, -0.1) is 0 Å². The second kappa shape index (κ2) is 9.04. The predicted octanol–water partition coefficient (Wildman–Crippen LogP) is 5.01. The van der Waals surface area contributed by atoms with Crippen LogP contribution >= 0.6 is 0 Å². The summed E-state index contributed by atoms with van der Waals surface area (Å²) < 4.78 is 65.8. The molecule has 9 nitrogen and oxygen atoms in total. The standard InChI is InChI=1S/C24H19F2N5O4S/c1-3-36(32,33)21-8-7-14(13-27-21)34-15-11-19-22(29-24(28-19)18-9-10-31(2)30-18)20(12-15)35-23-16(25)5-4-6-17(23)26/h4-13H,3H2,1-2H3,(H,28,29). The maximum absolute atomic E-state index is 14.3. The number of sulfone groups is 1. The van der Waals surface area contributed by atoms with E-state index >= 15 is 0 Å². The summed E-state index contributed by atoms with van der Waals surface area (Å²) in [7, 11) is -1.70. The molecule has 0 bridgehead atoms. The number of aromatic amines is 1. The highest BCUT2D eigenvalue weighted by atomic mass is 32.2. The topological polar surface area (TPSA) is 112 Å². The first-order chi connectivity index (χ1) is 17.2. The first-order valence-corrected chi connectivity index (χ1v) is 12.4. The van der Waals surface area contributed by atoms with Crippen molar-refractivity contribution in [2.24, 2.45) is 7.05 Å². The second-order valence-corrected chi connectivity index (χ2v) is 9.99. The van der Waals surface area contributed by atoms with Crippen LogP contribution in [-0.4, -0.2) is 38.9 Å². The number of pyridine rings is 1. The number of halogens is 2. The van der Waals surface area contributed by atoms with Gasteiger partial charge in [0.05, 0.1) is 17.5 Å². The van der Waals surface area contributed by atoms with Gasteiger partial charge in [-0.3, -0.25) is 4.68 Å². The molecular formula is C24H19F2N5O4S. The van der Waals surface area contributed by atoms with Crippen molar-refractivity contribution in [2.45, 2.75) is 11.9 Å². The molecule has 0 fully saturated rings. The minimum atomic E-state index is -3.47. The van der Waals surface area contributed by atoms with E-state index < -0.39 is 27.2 Å². The summed E-state index contributed by atoms with van der Waals surface area (Å²) in [6.07, 6.45) is 3.02. The quantitative estimate of drug-likeness (QED) is 0.327. The number of imidazole rings is 1. The fourth-order valence-electron chi connectivity index (χ4n) is 3.44. The van der Waals surface area contributed by atoms with Crippen LogP contribution in [-0.2, 0) is 16.9 Å². The molecule has 0 spiro atoms. The number of benzene rings is 2. The normalized spacial score (nSPS) is 11.7. The molecule has 0 aliphatic heterocycles. The number of hydrogen-bond donors (Lipinski definition) is 1. The third-order valence-corrected chi connectivity index (χ3v) is 6.89. The molecule has 184 valence electrons. The van der Waals surface area contributed by atoms with Gasteiger partial charge in [0.15, 0.2) is 43.8 Å². The average molecular weight is 512 g/mol. The van der Waals surface area contributed by atoms with Gasteiger partial charge < -0.3 is 14.5 Å². The molecule has 0 saturated heterocycles. The van der Waals surface area contributed by atoms with E-state index in [1.165, 1.54) is 37.4 Å². The van der Waals surface area contributed by atoms with Crippen molar-refractivity contribution >= 4 is 20.9 Å². The van der Waals surface area contributed by atoms with Gasteiger partial charge in [0.1, 0.15) is 22.7 Å². The van der Waals surface area contributed by atoms with Crippen molar-refractivity contribution in [1.29, 1.82) is 0 Å². The van der Waals surface area contributed by atoms with E-state index in [0.717, 1.165) is 12.1 Å². The highest BCUT2D eigenvalue weighted by Crippen LogP contribution is 2.37. The summed E-state index contributed by atoms with van der Waals surface area (Å²) in [6, 6.07) is 11.0. The summed E-state index contributed by atoms with van der Waals surface area (Å²) in [5, 5.41) is 4.25. The Morgan fingerprint density at radius 2 is 1.81 bits per heavy atom. The van der Waals surface area contributed by atoms with Gasteiger partial charge in [-0.25, -0.2) is 27.2 Å². The Balaban J connectivity index is 1.57. The molecule has 2 aromatic carbocycles. The Bertz CT molecular complexity index is 1660. The molecule has 3 aromatic heterocycles. The van der Waals surface area contributed by atoms with Gasteiger partial charge in [-0.05, 0) is 30.3 Å². The monoisotopic (exact) mass is 511 g/mol. The zero-order chi connectivity index (χ0) is 25.4. The van der Waals surface area contributed by atoms with E-state index in [0.29, 0.717) is 22.6 Å². The number of ether oxygens (including phenoxy) is 2. The van der Waals surface area contributed by atoms with Crippen molar-refractivity contribution in [2.75, 3.05) is 5.75 Å². The number of rotatable bonds is 7. The zero-order valence-corrected chi connectivity index (χ0v) is 19.9. The number of hydrogen-bond acceptors (Lipinski definition) is 7. The van der Waals surface area contributed by atoms with Crippen molar-refractivity contribution in [1.82, 2.24) is 24.7 Å². The summed E-state index contributed by atoms with van der Waals surface area (Å²) in [5.41, 5.74) is 1.31. The molecular weight excluding hydrogens is 492 g/mol. The second-order valence-electron chi connectivity index (χ2n) is 7.77. The van der Waals surface area contributed by atoms with Crippen molar-refractivity contribution in [3.8, 4) is 34.5 Å². The maximum atomic E-state index is 14.3. The molecule has 5 rings (SSSR count). The number of aromatic nitrogens is 5. The summed E-state index contributed by atoms with van der Waals surface area (Å²) >= 11 is 0. The highest BCUT2D eigenvalue weighted by molar-refractivity contribution is 7.91. The first kappa shape index (κ1) is 23.4. The van der Waals surface area contributed by atoms with Gasteiger partial charge in [0, 0.05) is 25.4 Å². The van der Waals surface area contributed by atoms with Crippen LogP contribution in [0.15, 0.2) is 66.0 Å². The molecule has 36 heavy (non-hydrogen) atoms.